The summed E-state index contributed by atoms with van der Waals surface area (Å²) >= 11 is 12.1. The zero-order chi connectivity index (χ0) is 14.7. The Kier molecular flexibility index (Phi) is 4.57. The molecule has 0 fully saturated rings. The molecule has 2 aromatic rings. The summed E-state index contributed by atoms with van der Waals surface area (Å²) in [4.78, 5) is 0. The second-order valence-electron chi connectivity index (χ2n) is 4.01. The molecule has 3 nitrogen and oxygen atoms in total. The minimum atomic E-state index is -0.565. The number of anilines is 1. The number of hydrogen-bond donors (Lipinski definition) is 1. The number of hydrogen-bond acceptors (Lipinski definition) is 3. The predicted octanol–water partition coefficient (Wildman–Crippen LogP) is 4.30. The summed E-state index contributed by atoms with van der Waals surface area (Å²) < 4.78 is 23.9. The number of rotatable bonds is 4. The van der Waals surface area contributed by atoms with Crippen molar-refractivity contribution < 1.29 is 13.9 Å². The molecule has 0 spiro atoms. The van der Waals surface area contributed by atoms with Crippen LogP contribution in [0.3, 0.4) is 0 Å². The molecule has 0 aromatic heterocycles. The molecule has 2 aromatic carbocycles. The first kappa shape index (κ1) is 14.8. The fourth-order valence-electron chi connectivity index (χ4n) is 1.64. The van der Waals surface area contributed by atoms with Gasteiger partial charge in [0.1, 0.15) is 12.4 Å². The van der Waals surface area contributed by atoms with Gasteiger partial charge in [0.05, 0.1) is 12.8 Å². The average molecular weight is 316 g/mol. The predicted molar refractivity (Wildman–Crippen MR) is 78.2 cm³/mol. The van der Waals surface area contributed by atoms with Gasteiger partial charge in [-0.25, -0.2) is 4.39 Å². The standard InChI is InChI=1S/C14H12Cl2FNO2/c1-19-13-5-11(17)12(18)6-14(13)20-7-8-9(15)3-2-4-10(8)16/h2-6H,7,18H2,1H3. The van der Waals surface area contributed by atoms with E-state index >= 15 is 0 Å². The van der Waals surface area contributed by atoms with Crippen molar-refractivity contribution in [2.75, 3.05) is 12.8 Å². The minimum Gasteiger partial charge on any atom is -0.493 e. The zero-order valence-electron chi connectivity index (χ0n) is 10.6. The molecule has 20 heavy (non-hydrogen) atoms. The highest BCUT2D eigenvalue weighted by Gasteiger charge is 2.12. The lowest BCUT2D eigenvalue weighted by Crippen LogP contribution is -2.01. The number of nitrogens with two attached hydrogens (primary N) is 1. The summed E-state index contributed by atoms with van der Waals surface area (Å²) in [5.41, 5.74) is 6.13. The van der Waals surface area contributed by atoms with E-state index in [1.54, 1.807) is 18.2 Å². The van der Waals surface area contributed by atoms with Crippen molar-refractivity contribution in [2.45, 2.75) is 6.61 Å². The van der Waals surface area contributed by atoms with Gasteiger partial charge in [-0.3, -0.25) is 0 Å². The fourth-order valence-corrected chi connectivity index (χ4v) is 2.15. The van der Waals surface area contributed by atoms with Gasteiger partial charge in [0, 0.05) is 27.7 Å². The third-order valence-electron chi connectivity index (χ3n) is 2.72. The van der Waals surface area contributed by atoms with Gasteiger partial charge in [0.15, 0.2) is 11.5 Å². The molecular formula is C14H12Cl2FNO2. The maximum absolute atomic E-state index is 13.3. The monoisotopic (exact) mass is 315 g/mol. The second kappa shape index (κ2) is 6.20. The van der Waals surface area contributed by atoms with Crippen molar-refractivity contribution >= 4 is 28.9 Å². The van der Waals surface area contributed by atoms with Crippen LogP contribution in [0.5, 0.6) is 11.5 Å². The van der Waals surface area contributed by atoms with Gasteiger partial charge in [-0.2, -0.15) is 0 Å². The first-order chi connectivity index (χ1) is 9.52. The Hall–Kier alpha value is -1.65. The summed E-state index contributed by atoms with van der Waals surface area (Å²) in [6, 6.07) is 7.69. The highest BCUT2D eigenvalue weighted by Crippen LogP contribution is 2.33. The van der Waals surface area contributed by atoms with E-state index in [-0.39, 0.29) is 18.0 Å². The molecule has 0 heterocycles. The summed E-state index contributed by atoms with van der Waals surface area (Å²) in [5, 5.41) is 0.984. The van der Waals surface area contributed by atoms with E-state index in [0.29, 0.717) is 21.4 Å². The summed E-state index contributed by atoms with van der Waals surface area (Å²) in [6.45, 7) is 0.125. The maximum atomic E-state index is 13.3. The highest BCUT2D eigenvalue weighted by molar-refractivity contribution is 6.35. The molecule has 0 aliphatic carbocycles. The Morgan fingerprint density at radius 3 is 2.40 bits per heavy atom. The molecule has 0 saturated carbocycles. The van der Waals surface area contributed by atoms with Crippen molar-refractivity contribution in [2.24, 2.45) is 0 Å². The normalized spacial score (nSPS) is 10.4. The Balaban J connectivity index is 2.25. The first-order valence-corrected chi connectivity index (χ1v) is 6.47. The van der Waals surface area contributed by atoms with Gasteiger partial charge in [0.2, 0.25) is 0 Å². The summed E-state index contributed by atoms with van der Waals surface area (Å²) in [6.07, 6.45) is 0. The van der Waals surface area contributed by atoms with Gasteiger partial charge in [-0.15, -0.1) is 0 Å². The third kappa shape index (κ3) is 3.08. The molecule has 0 atom stereocenters. The van der Waals surface area contributed by atoms with Gasteiger partial charge in [-0.1, -0.05) is 29.3 Å². The van der Waals surface area contributed by atoms with Crippen LogP contribution in [-0.2, 0) is 6.61 Å². The first-order valence-electron chi connectivity index (χ1n) is 5.71. The third-order valence-corrected chi connectivity index (χ3v) is 3.42. The van der Waals surface area contributed by atoms with E-state index in [0.717, 1.165) is 0 Å². The average Bonchev–Trinajstić information content (AvgIpc) is 2.41. The minimum absolute atomic E-state index is 0.0222. The van der Waals surface area contributed by atoms with Crippen LogP contribution in [0.4, 0.5) is 10.1 Å². The van der Waals surface area contributed by atoms with Crippen molar-refractivity contribution in [3.8, 4) is 11.5 Å². The molecule has 2 N–H and O–H groups in total. The van der Waals surface area contributed by atoms with Crippen molar-refractivity contribution in [1.29, 1.82) is 0 Å². The molecular weight excluding hydrogens is 304 g/mol. The molecule has 0 bridgehead atoms. The fraction of sp³-hybridized carbons (Fsp3) is 0.143. The van der Waals surface area contributed by atoms with Gasteiger partial charge >= 0.3 is 0 Å². The van der Waals surface area contributed by atoms with E-state index in [1.165, 1.54) is 19.2 Å². The van der Waals surface area contributed by atoms with Crippen LogP contribution in [0, 0.1) is 5.82 Å². The summed E-state index contributed by atoms with van der Waals surface area (Å²) in [7, 11) is 1.42. The number of ether oxygens (including phenoxy) is 2. The Morgan fingerprint density at radius 1 is 1.15 bits per heavy atom. The largest absolute Gasteiger partial charge is 0.493 e. The number of halogens is 3. The van der Waals surface area contributed by atoms with E-state index in [9.17, 15) is 4.39 Å². The van der Waals surface area contributed by atoms with Crippen LogP contribution in [0.25, 0.3) is 0 Å². The van der Waals surface area contributed by atoms with Crippen LogP contribution in [0.2, 0.25) is 10.0 Å². The topological polar surface area (TPSA) is 44.5 Å². The Morgan fingerprint density at radius 2 is 1.80 bits per heavy atom. The number of nitrogen functional groups attached to an aromatic ring is 1. The zero-order valence-corrected chi connectivity index (χ0v) is 12.1. The number of methoxy groups -OCH3 is 1. The highest BCUT2D eigenvalue weighted by atomic mass is 35.5. The molecule has 106 valence electrons. The van der Waals surface area contributed by atoms with Crippen LogP contribution < -0.4 is 15.2 Å². The van der Waals surface area contributed by atoms with Crippen molar-refractivity contribution in [3.63, 3.8) is 0 Å². The molecule has 0 unspecified atom stereocenters. The van der Waals surface area contributed by atoms with Crippen LogP contribution in [-0.4, -0.2) is 7.11 Å². The number of benzene rings is 2. The van der Waals surface area contributed by atoms with Gasteiger partial charge < -0.3 is 15.2 Å². The molecule has 0 aliphatic rings. The van der Waals surface area contributed by atoms with Crippen LogP contribution in [0.15, 0.2) is 30.3 Å². The SMILES string of the molecule is COc1cc(F)c(N)cc1OCc1c(Cl)cccc1Cl. The van der Waals surface area contributed by atoms with Crippen molar-refractivity contribution in [1.82, 2.24) is 0 Å². The van der Waals surface area contributed by atoms with Gasteiger partial charge in [0.25, 0.3) is 0 Å². The molecule has 0 saturated heterocycles. The van der Waals surface area contributed by atoms with E-state index in [2.05, 4.69) is 0 Å². The summed E-state index contributed by atoms with van der Waals surface area (Å²) in [5.74, 6) is 0.00670. The quantitative estimate of drug-likeness (QED) is 0.855. The molecule has 6 heteroatoms. The molecule has 0 amide bonds. The lowest BCUT2D eigenvalue weighted by molar-refractivity contribution is 0.284. The van der Waals surface area contributed by atoms with Crippen LogP contribution in [0.1, 0.15) is 5.56 Å². The van der Waals surface area contributed by atoms with Crippen molar-refractivity contribution in [3.05, 3.63) is 51.8 Å². The molecule has 0 radical (unpaired) electrons. The molecule has 0 aliphatic heterocycles. The van der Waals surface area contributed by atoms with Gasteiger partial charge in [-0.05, 0) is 12.1 Å². The van der Waals surface area contributed by atoms with E-state index < -0.39 is 5.82 Å². The maximum Gasteiger partial charge on any atom is 0.163 e. The Labute approximate surface area is 126 Å². The smallest absolute Gasteiger partial charge is 0.163 e. The van der Waals surface area contributed by atoms with E-state index in [1.807, 2.05) is 0 Å². The van der Waals surface area contributed by atoms with E-state index in [4.69, 9.17) is 38.4 Å². The lowest BCUT2D eigenvalue weighted by atomic mass is 10.2. The molecule has 2 rings (SSSR count). The second-order valence-corrected chi connectivity index (χ2v) is 4.83. The Bertz CT molecular complexity index is 615. The lowest BCUT2D eigenvalue weighted by Gasteiger charge is -2.13. The van der Waals surface area contributed by atoms with Crippen LogP contribution >= 0.6 is 23.2 Å².